The summed E-state index contributed by atoms with van der Waals surface area (Å²) < 4.78 is 5.47. The Labute approximate surface area is 380 Å². The first-order valence-corrected chi connectivity index (χ1v) is 27.1. The molecular weight excluding hydrogens is 755 g/mol. The van der Waals surface area contributed by atoms with Gasteiger partial charge in [-0.3, -0.25) is 9.59 Å². The summed E-state index contributed by atoms with van der Waals surface area (Å²) in [5, 5.41) is 23.0. The van der Waals surface area contributed by atoms with E-state index in [1.807, 2.05) is 6.08 Å². The quantitative estimate of drug-likeness (QED) is 0.0322. The highest BCUT2D eigenvalue weighted by atomic mass is 16.5. The normalized spacial score (nSPS) is 12.8. The number of carbonyl (C=O) groups is 2. The highest BCUT2D eigenvalue weighted by Gasteiger charge is 2.18. The van der Waals surface area contributed by atoms with Crippen LogP contribution in [-0.2, 0) is 14.3 Å². The van der Waals surface area contributed by atoms with Crippen LogP contribution in [0.2, 0.25) is 0 Å². The Balaban J connectivity index is 3.46. The van der Waals surface area contributed by atoms with E-state index in [1.54, 1.807) is 6.08 Å². The number of hydrogen-bond acceptors (Lipinski definition) is 5. The minimum absolute atomic E-state index is 0.00410. The smallest absolute Gasteiger partial charge is 0.305 e. The molecule has 0 saturated carbocycles. The Hall–Kier alpha value is -1.66. The molecule has 6 nitrogen and oxygen atoms in total. The fourth-order valence-corrected chi connectivity index (χ4v) is 8.27. The van der Waals surface area contributed by atoms with Crippen LogP contribution in [0.1, 0.15) is 290 Å². The fourth-order valence-electron chi connectivity index (χ4n) is 8.27. The lowest BCUT2D eigenvalue weighted by atomic mass is 10.0. The fraction of sp³-hybridized carbons (Fsp3) is 0.891. The molecule has 0 spiro atoms. The molecule has 3 N–H and O–H groups in total. The number of esters is 1. The Bertz CT molecular complexity index is 951. The summed E-state index contributed by atoms with van der Waals surface area (Å²) in [4.78, 5) is 24.4. The summed E-state index contributed by atoms with van der Waals surface area (Å²) >= 11 is 0. The summed E-state index contributed by atoms with van der Waals surface area (Å²) in [7, 11) is 0. The zero-order valence-electron chi connectivity index (χ0n) is 40.9. The van der Waals surface area contributed by atoms with E-state index in [9.17, 15) is 19.8 Å². The van der Waals surface area contributed by atoms with Crippen molar-refractivity contribution in [3.8, 4) is 0 Å². The number of aliphatic hydroxyl groups excluding tert-OH is 2. The number of nitrogens with one attached hydrogen (secondary N) is 1. The molecule has 0 aliphatic carbocycles. The highest BCUT2D eigenvalue weighted by molar-refractivity contribution is 5.76. The number of carbonyl (C=O) groups excluding carboxylic acids is 2. The standard InChI is InChI=1S/C55H105NO5/c1-3-5-7-9-11-13-15-17-25-29-33-37-41-45-49-55(60)61-50-46-42-38-34-30-26-23-21-19-18-20-22-24-28-32-36-40-44-48-54(59)56-52(51-57)53(58)47-43-39-35-31-27-16-14-12-10-8-6-4-2/h20,22,43,47,52-53,57-58H,3-19,21,23-42,44-46,48-51H2,1-2H3,(H,56,59)/b22-20-,47-43+. The van der Waals surface area contributed by atoms with Gasteiger partial charge in [0.15, 0.2) is 0 Å². The predicted molar refractivity (Wildman–Crippen MR) is 264 cm³/mol. The average Bonchev–Trinajstić information content (AvgIpc) is 3.26. The first-order chi connectivity index (χ1) is 30.0. The second-order valence-corrected chi connectivity index (χ2v) is 18.6. The Morgan fingerprint density at radius 2 is 0.770 bits per heavy atom. The lowest BCUT2D eigenvalue weighted by Gasteiger charge is -2.20. The second-order valence-electron chi connectivity index (χ2n) is 18.6. The molecule has 0 fully saturated rings. The molecule has 0 bridgehead atoms. The number of hydrogen-bond donors (Lipinski definition) is 3. The van der Waals surface area contributed by atoms with Gasteiger partial charge in [0, 0.05) is 12.8 Å². The molecule has 0 saturated heterocycles. The number of amides is 1. The lowest BCUT2D eigenvalue weighted by molar-refractivity contribution is -0.143. The third-order valence-electron chi connectivity index (χ3n) is 12.5. The Morgan fingerprint density at radius 1 is 0.443 bits per heavy atom. The van der Waals surface area contributed by atoms with E-state index in [1.165, 1.54) is 205 Å². The molecule has 61 heavy (non-hydrogen) atoms. The van der Waals surface area contributed by atoms with Crippen LogP contribution in [-0.4, -0.2) is 47.4 Å². The number of aliphatic hydroxyl groups is 2. The molecule has 0 aromatic rings. The maximum atomic E-state index is 12.4. The van der Waals surface area contributed by atoms with Crippen LogP contribution < -0.4 is 5.32 Å². The van der Waals surface area contributed by atoms with E-state index in [4.69, 9.17) is 4.74 Å². The van der Waals surface area contributed by atoms with Gasteiger partial charge in [0.05, 0.1) is 25.4 Å². The maximum absolute atomic E-state index is 12.4. The number of ether oxygens (including phenoxy) is 1. The van der Waals surface area contributed by atoms with Crippen LogP contribution >= 0.6 is 0 Å². The van der Waals surface area contributed by atoms with Crippen LogP contribution in [0.5, 0.6) is 0 Å². The summed E-state index contributed by atoms with van der Waals surface area (Å²) in [6.45, 7) is 4.88. The van der Waals surface area contributed by atoms with Crippen molar-refractivity contribution in [3.63, 3.8) is 0 Å². The van der Waals surface area contributed by atoms with E-state index in [0.717, 1.165) is 57.8 Å². The van der Waals surface area contributed by atoms with E-state index in [0.29, 0.717) is 19.4 Å². The molecule has 2 unspecified atom stereocenters. The van der Waals surface area contributed by atoms with Crippen molar-refractivity contribution in [1.82, 2.24) is 5.32 Å². The van der Waals surface area contributed by atoms with Gasteiger partial charge in [-0.1, -0.05) is 244 Å². The van der Waals surface area contributed by atoms with E-state index in [-0.39, 0.29) is 18.5 Å². The van der Waals surface area contributed by atoms with Crippen LogP contribution in [0.4, 0.5) is 0 Å². The first kappa shape index (κ1) is 59.3. The van der Waals surface area contributed by atoms with Crippen molar-refractivity contribution >= 4 is 11.9 Å². The van der Waals surface area contributed by atoms with E-state index < -0.39 is 12.1 Å². The number of rotatable bonds is 50. The summed E-state index contributed by atoms with van der Waals surface area (Å²) in [6, 6.07) is -0.636. The minimum atomic E-state index is -0.851. The molecule has 0 aromatic carbocycles. The van der Waals surface area contributed by atoms with Crippen LogP contribution in [0.15, 0.2) is 24.3 Å². The topological polar surface area (TPSA) is 95.9 Å². The molecule has 0 radical (unpaired) electrons. The van der Waals surface area contributed by atoms with Gasteiger partial charge < -0.3 is 20.3 Å². The van der Waals surface area contributed by atoms with Crippen LogP contribution in [0.3, 0.4) is 0 Å². The van der Waals surface area contributed by atoms with Gasteiger partial charge in [-0.05, 0) is 57.8 Å². The molecule has 2 atom stereocenters. The van der Waals surface area contributed by atoms with Gasteiger partial charge in [0.25, 0.3) is 0 Å². The average molecular weight is 860 g/mol. The van der Waals surface area contributed by atoms with Crippen molar-refractivity contribution in [2.24, 2.45) is 0 Å². The molecule has 0 aliphatic heterocycles. The predicted octanol–water partition coefficient (Wildman–Crippen LogP) is 16.3. The van der Waals surface area contributed by atoms with Crippen molar-refractivity contribution in [2.75, 3.05) is 13.2 Å². The monoisotopic (exact) mass is 860 g/mol. The highest BCUT2D eigenvalue weighted by Crippen LogP contribution is 2.16. The molecule has 6 heteroatoms. The van der Waals surface area contributed by atoms with Crippen molar-refractivity contribution in [2.45, 2.75) is 302 Å². The van der Waals surface area contributed by atoms with Gasteiger partial charge in [0.2, 0.25) is 5.91 Å². The Morgan fingerprint density at radius 3 is 1.16 bits per heavy atom. The second kappa shape index (κ2) is 51.0. The SMILES string of the molecule is CCCCCCCCCCCC/C=C/C(O)C(CO)NC(=O)CCCCCCC/C=C\CCCCCCCCCCCOC(=O)CCCCCCCCCCCCCCCC. The number of unbranched alkanes of at least 4 members (excludes halogenated alkanes) is 37. The first-order valence-electron chi connectivity index (χ1n) is 27.1. The number of allylic oxidation sites excluding steroid dienone is 3. The summed E-state index contributed by atoms with van der Waals surface area (Å²) in [5.74, 6) is -0.0788. The molecule has 360 valence electrons. The maximum Gasteiger partial charge on any atom is 0.305 e. The zero-order chi connectivity index (χ0) is 44.4. The zero-order valence-corrected chi connectivity index (χ0v) is 40.9. The van der Waals surface area contributed by atoms with E-state index >= 15 is 0 Å². The third kappa shape index (κ3) is 47.7. The molecule has 0 aromatic heterocycles. The van der Waals surface area contributed by atoms with Gasteiger partial charge in [0.1, 0.15) is 0 Å². The van der Waals surface area contributed by atoms with Gasteiger partial charge in [-0.25, -0.2) is 0 Å². The third-order valence-corrected chi connectivity index (χ3v) is 12.5. The molecular formula is C55H105NO5. The Kier molecular flexibility index (Phi) is 49.6. The van der Waals surface area contributed by atoms with Crippen molar-refractivity contribution < 1.29 is 24.5 Å². The van der Waals surface area contributed by atoms with E-state index in [2.05, 4.69) is 31.3 Å². The summed E-state index contributed by atoms with van der Waals surface area (Å²) in [5.41, 5.74) is 0. The molecule has 1 amide bonds. The van der Waals surface area contributed by atoms with Crippen molar-refractivity contribution in [1.29, 1.82) is 0 Å². The van der Waals surface area contributed by atoms with Crippen LogP contribution in [0, 0.1) is 0 Å². The largest absolute Gasteiger partial charge is 0.466 e. The van der Waals surface area contributed by atoms with Gasteiger partial charge >= 0.3 is 5.97 Å². The molecule has 0 aliphatic rings. The lowest BCUT2D eigenvalue weighted by Crippen LogP contribution is -2.45. The van der Waals surface area contributed by atoms with Gasteiger partial charge in [-0.2, -0.15) is 0 Å². The van der Waals surface area contributed by atoms with Crippen LogP contribution in [0.25, 0.3) is 0 Å². The molecule has 0 rings (SSSR count). The summed E-state index contributed by atoms with van der Waals surface area (Å²) in [6.07, 6.45) is 60.4. The van der Waals surface area contributed by atoms with Crippen molar-refractivity contribution in [3.05, 3.63) is 24.3 Å². The minimum Gasteiger partial charge on any atom is -0.466 e. The molecule has 0 heterocycles. The van der Waals surface area contributed by atoms with Gasteiger partial charge in [-0.15, -0.1) is 0 Å².